The minimum Gasteiger partial charge on any atom is -0.396 e. The number of aliphatic hydroxyl groups excluding tert-OH is 1. The molecule has 100 valence electrons. The molecule has 1 atom stereocenters. The van der Waals surface area contributed by atoms with Crippen LogP contribution in [0.4, 0.5) is 4.79 Å². The Bertz CT molecular complexity index is 240. The van der Waals surface area contributed by atoms with E-state index in [1.165, 1.54) is 25.7 Å². The fraction of sp³-hybridized carbons (Fsp3) is 0.923. The number of hydrogen-bond acceptors (Lipinski definition) is 2. The van der Waals surface area contributed by atoms with E-state index in [0.29, 0.717) is 5.41 Å². The minimum atomic E-state index is -0.0715. The summed E-state index contributed by atoms with van der Waals surface area (Å²) in [4.78, 5) is 11.6. The van der Waals surface area contributed by atoms with Gasteiger partial charge in [-0.1, -0.05) is 13.3 Å². The summed E-state index contributed by atoms with van der Waals surface area (Å²) in [6.07, 6.45) is 6.47. The molecular weight excluding hydrogens is 216 g/mol. The molecule has 1 unspecified atom stereocenters. The molecule has 1 rings (SSSR count). The van der Waals surface area contributed by atoms with E-state index in [0.717, 1.165) is 19.4 Å². The van der Waals surface area contributed by atoms with Crippen LogP contribution in [0.5, 0.6) is 0 Å². The zero-order valence-corrected chi connectivity index (χ0v) is 11.1. The number of nitrogens with one attached hydrogen (secondary N) is 2. The van der Waals surface area contributed by atoms with Gasteiger partial charge in [-0.25, -0.2) is 4.79 Å². The van der Waals surface area contributed by atoms with Crippen molar-refractivity contribution in [1.29, 1.82) is 0 Å². The zero-order valence-electron chi connectivity index (χ0n) is 11.1. The molecule has 1 aliphatic rings. The van der Waals surface area contributed by atoms with Gasteiger partial charge in [0.2, 0.25) is 0 Å². The maximum absolute atomic E-state index is 11.6. The fourth-order valence-corrected chi connectivity index (χ4v) is 2.23. The zero-order chi connectivity index (χ0) is 12.7. The van der Waals surface area contributed by atoms with Gasteiger partial charge in [-0.15, -0.1) is 0 Å². The van der Waals surface area contributed by atoms with Gasteiger partial charge in [0.25, 0.3) is 0 Å². The quantitative estimate of drug-likeness (QED) is 0.610. The lowest BCUT2D eigenvalue weighted by atomic mass is 10.0. The molecular formula is C13H26N2O2. The lowest BCUT2D eigenvalue weighted by Crippen LogP contribution is -2.43. The molecule has 0 spiro atoms. The standard InChI is InChI=1S/C13H26N2O2/c1-3-6-13(7-8-13)10-14-12(17)15-11(2)5-4-9-16/h11,16H,3-10H2,1-2H3,(H2,14,15,17). The Morgan fingerprint density at radius 3 is 2.71 bits per heavy atom. The summed E-state index contributed by atoms with van der Waals surface area (Å²) in [6, 6.07) is 0.0568. The van der Waals surface area contributed by atoms with Crippen molar-refractivity contribution < 1.29 is 9.90 Å². The van der Waals surface area contributed by atoms with Crippen molar-refractivity contribution in [3.05, 3.63) is 0 Å². The summed E-state index contributed by atoms with van der Waals surface area (Å²) in [5.41, 5.74) is 0.403. The van der Waals surface area contributed by atoms with Gasteiger partial charge in [-0.3, -0.25) is 0 Å². The van der Waals surface area contributed by atoms with Gasteiger partial charge < -0.3 is 15.7 Å². The van der Waals surface area contributed by atoms with Crippen LogP contribution < -0.4 is 10.6 Å². The Hall–Kier alpha value is -0.770. The highest BCUT2D eigenvalue weighted by molar-refractivity contribution is 5.74. The lowest BCUT2D eigenvalue weighted by molar-refractivity contribution is 0.231. The molecule has 0 heterocycles. The molecule has 0 bridgehead atoms. The number of amides is 2. The van der Waals surface area contributed by atoms with E-state index in [4.69, 9.17) is 5.11 Å². The van der Waals surface area contributed by atoms with E-state index in [1.54, 1.807) is 0 Å². The average Bonchev–Trinajstić information content (AvgIpc) is 3.05. The second kappa shape index (κ2) is 6.84. The number of carbonyl (C=O) groups excluding carboxylic acids is 1. The Labute approximate surface area is 104 Å². The molecule has 0 aromatic carbocycles. The Morgan fingerprint density at radius 1 is 1.47 bits per heavy atom. The van der Waals surface area contributed by atoms with Crippen LogP contribution in [-0.4, -0.2) is 30.3 Å². The van der Waals surface area contributed by atoms with Crippen molar-refractivity contribution >= 4 is 6.03 Å². The van der Waals surface area contributed by atoms with Crippen LogP contribution in [0.15, 0.2) is 0 Å². The smallest absolute Gasteiger partial charge is 0.315 e. The van der Waals surface area contributed by atoms with E-state index in [9.17, 15) is 4.79 Å². The van der Waals surface area contributed by atoms with E-state index < -0.39 is 0 Å². The summed E-state index contributed by atoms with van der Waals surface area (Å²) in [5, 5.41) is 14.6. The molecule has 0 aromatic rings. The van der Waals surface area contributed by atoms with Crippen LogP contribution >= 0.6 is 0 Å². The molecule has 0 saturated heterocycles. The molecule has 0 aromatic heterocycles. The minimum absolute atomic E-state index is 0.0715. The molecule has 17 heavy (non-hydrogen) atoms. The first-order chi connectivity index (χ1) is 8.12. The largest absolute Gasteiger partial charge is 0.396 e. The van der Waals surface area contributed by atoms with Crippen LogP contribution in [-0.2, 0) is 0 Å². The number of urea groups is 1. The van der Waals surface area contributed by atoms with Crippen molar-refractivity contribution in [3.63, 3.8) is 0 Å². The van der Waals surface area contributed by atoms with Gasteiger partial charge >= 0.3 is 6.03 Å². The third-order valence-electron chi connectivity index (χ3n) is 3.53. The first kappa shape index (κ1) is 14.3. The topological polar surface area (TPSA) is 61.4 Å². The molecule has 4 heteroatoms. The van der Waals surface area contributed by atoms with Crippen molar-refractivity contribution in [2.75, 3.05) is 13.2 Å². The summed E-state index contributed by atoms with van der Waals surface area (Å²) < 4.78 is 0. The van der Waals surface area contributed by atoms with Crippen LogP contribution in [0.25, 0.3) is 0 Å². The molecule has 1 aliphatic carbocycles. The molecule has 1 saturated carbocycles. The van der Waals surface area contributed by atoms with Crippen LogP contribution in [0.1, 0.15) is 52.4 Å². The van der Waals surface area contributed by atoms with Gasteiger partial charge in [0.15, 0.2) is 0 Å². The molecule has 0 aliphatic heterocycles. The van der Waals surface area contributed by atoms with E-state index in [2.05, 4.69) is 17.6 Å². The number of rotatable bonds is 8. The summed E-state index contributed by atoms with van der Waals surface area (Å²) >= 11 is 0. The summed E-state index contributed by atoms with van der Waals surface area (Å²) in [6.45, 7) is 5.15. The lowest BCUT2D eigenvalue weighted by Gasteiger charge is -2.18. The average molecular weight is 242 g/mol. The number of hydrogen-bond donors (Lipinski definition) is 3. The third-order valence-corrected chi connectivity index (χ3v) is 3.53. The van der Waals surface area contributed by atoms with Gasteiger partial charge in [0, 0.05) is 19.2 Å². The first-order valence-corrected chi connectivity index (χ1v) is 6.77. The van der Waals surface area contributed by atoms with Crippen molar-refractivity contribution in [2.24, 2.45) is 5.41 Å². The summed E-state index contributed by atoms with van der Waals surface area (Å²) in [5.74, 6) is 0. The molecule has 0 radical (unpaired) electrons. The second-order valence-electron chi connectivity index (χ2n) is 5.34. The first-order valence-electron chi connectivity index (χ1n) is 6.77. The predicted molar refractivity (Wildman–Crippen MR) is 68.9 cm³/mol. The van der Waals surface area contributed by atoms with Gasteiger partial charge in [-0.2, -0.15) is 0 Å². The van der Waals surface area contributed by atoms with E-state index >= 15 is 0 Å². The van der Waals surface area contributed by atoms with E-state index in [-0.39, 0.29) is 18.7 Å². The van der Waals surface area contributed by atoms with Crippen LogP contribution in [0, 0.1) is 5.41 Å². The highest BCUT2D eigenvalue weighted by atomic mass is 16.3. The Kier molecular flexibility index (Phi) is 5.75. The van der Waals surface area contributed by atoms with Crippen molar-refractivity contribution in [2.45, 2.75) is 58.4 Å². The van der Waals surface area contributed by atoms with Crippen molar-refractivity contribution in [1.82, 2.24) is 10.6 Å². The highest BCUT2D eigenvalue weighted by Crippen LogP contribution is 2.48. The molecule has 4 nitrogen and oxygen atoms in total. The maximum atomic E-state index is 11.6. The molecule has 1 fully saturated rings. The maximum Gasteiger partial charge on any atom is 0.315 e. The van der Waals surface area contributed by atoms with Gasteiger partial charge in [0.1, 0.15) is 0 Å². The Morgan fingerprint density at radius 2 is 2.18 bits per heavy atom. The normalized spacial score (nSPS) is 18.5. The summed E-state index contributed by atoms with van der Waals surface area (Å²) in [7, 11) is 0. The predicted octanol–water partition coefficient (Wildman–Crippen LogP) is 2.03. The SMILES string of the molecule is CCCC1(CNC(=O)NC(C)CCCO)CC1. The fourth-order valence-electron chi connectivity index (χ4n) is 2.23. The molecule has 3 N–H and O–H groups in total. The number of carbonyl (C=O) groups is 1. The van der Waals surface area contributed by atoms with E-state index in [1.807, 2.05) is 6.92 Å². The van der Waals surface area contributed by atoms with Crippen LogP contribution in [0.2, 0.25) is 0 Å². The van der Waals surface area contributed by atoms with Gasteiger partial charge in [-0.05, 0) is 44.4 Å². The number of aliphatic hydroxyl groups is 1. The van der Waals surface area contributed by atoms with Gasteiger partial charge in [0.05, 0.1) is 0 Å². The molecule has 2 amide bonds. The Balaban J connectivity index is 2.12. The highest BCUT2D eigenvalue weighted by Gasteiger charge is 2.41. The second-order valence-corrected chi connectivity index (χ2v) is 5.34. The van der Waals surface area contributed by atoms with Crippen molar-refractivity contribution in [3.8, 4) is 0 Å². The third kappa shape index (κ3) is 5.39. The van der Waals surface area contributed by atoms with Crippen LogP contribution in [0.3, 0.4) is 0 Å². The monoisotopic (exact) mass is 242 g/mol.